The minimum absolute atomic E-state index is 0.132. The molecule has 47 heavy (non-hydrogen) atoms. The molecular weight excluding hydrogens is 585 g/mol. The summed E-state index contributed by atoms with van der Waals surface area (Å²) in [5.74, 6) is 1.99. The molecule has 0 amide bonds. The van der Waals surface area contributed by atoms with Crippen LogP contribution in [0.3, 0.4) is 0 Å². The molecular formula is C39H60FN7. The maximum absolute atomic E-state index is 9.50. The summed E-state index contributed by atoms with van der Waals surface area (Å²) in [4.78, 5) is 22.0. The number of allylic oxidation sites excluding steroid dienone is 3. The van der Waals surface area contributed by atoms with E-state index >= 15 is 0 Å². The fourth-order valence-electron chi connectivity index (χ4n) is 5.80. The number of alkyl halides is 1. The third kappa shape index (κ3) is 10.3. The summed E-state index contributed by atoms with van der Waals surface area (Å²) < 4.78 is 9.50. The van der Waals surface area contributed by atoms with Gasteiger partial charge in [-0.1, -0.05) is 66.3 Å². The van der Waals surface area contributed by atoms with Gasteiger partial charge in [-0.2, -0.15) is 0 Å². The third-order valence-corrected chi connectivity index (χ3v) is 8.67. The van der Waals surface area contributed by atoms with Gasteiger partial charge >= 0.3 is 0 Å². The average molecular weight is 646 g/mol. The van der Waals surface area contributed by atoms with Crippen molar-refractivity contribution in [2.45, 2.75) is 86.6 Å². The highest BCUT2D eigenvalue weighted by Crippen LogP contribution is 2.40. The van der Waals surface area contributed by atoms with Crippen molar-refractivity contribution in [3.8, 4) is 11.4 Å². The first-order valence-corrected chi connectivity index (χ1v) is 16.9. The van der Waals surface area contributed by atoms with Gasteiger partial charge in [0.15, 0.2) is 5.82 Å². The van der Waals surface area contributed by atoms with E-state index in [-0.39, 0.29) is 5.41 Å². The van der Waals surface area contributed by atoms with Gasteiger partial charge in [-0.15, -0.1) is 6.58 Å². The summed E-state index contributed by atoms with van der Waals surface area (Å²) in [5, 5.41) is 8.01. The number of hydrogen-bond donors (Lipinski definition) is 2. The van der Waals surface area contributed by atoms with Gasteiger partial charge in [-0.25, -0.2) is 9.97 Å². The Bertz CT molecular complexity index is 1460. The van der Waals surface area contributed by atoms with Crippen molar-refractivity contribution in [1.29, 1.82) is 0 Å². The normalized spacial score (nSPS) is 18.0. The lowest BCUT2D eigenvalue weighted by molar-refractivity contribution is 0.183. The molecule has 1 aliphatic heterocycles. The first-order chi connectivity index (χ1) is 22.7. The molecule has 7 nitrogen and oxygen atoms in total. The number of pyridine rings is 2. The van der Waals surface area contributed by atoms with Crippen LogP contribution >= 0.6 is 0 Å². The molecule has 2 N–H and O–H groups in total. The Balaban J connectivity index is 0.00000146. The van der Waals surface area contributed by atoms with Crippen molar-refractivity contribution in [3.63, 3.8) is 0 Å². The number of halogens is 1. The lowest BCUT2D eigenvalue weighted by Gasteiger charge is -2.46. The number of rotatable bonds is 10. The van der Waals surface area contributed by atoms with Gasteiger partial charge in [-0.3, -0.25) is 14.4 Å². The van der Waals surface area contributed by atoms with Gasteiger partial charge in [0.25, 0.3) is 0 Å². The lowest BCUT2D eigenvalue weighted by Crippen LogP contribution is -2.55. The largest absolute Gasteiger partial charge is 0.388 e. The van der Waals surface area contributed by atoms with Crippen LogP contribution < -0.4 is 15.5 Å². The van der Waals surface area contributed by atoms with E-state index in [0.717, 1.165) is 71.5 Å². The summed E-state index contributed by atoms with van der Waals surface area (Å²) in [6.07, 6.45) is 18.5. The van der Waals surface area contributed by atoms with Gasteiger partial charge < -0.3 is 15.5 Å². The van der Waals surface area contributed by atoms with Crippen molar-refractivity contribution in [2.75, 3.05) is 39.3 Å². The van der Waals surface area contributed by atoms with Crippen LogP contribution in [0.4, 0.5) is 10.2 Å². The van der Waals surface area contributed by atoms with Crippen LogP contribution in [-0.2, 0) is 0 Å². The molecule has 4 rings (SSSR count). The maximum atomic E-state index is 9.50. The van der Waals surface area contributed by atoms with E-state index in [1.807, 2.05) is 71.6 Å². The molecule has 0 saturated carbocycles. The van der Waals surface area contributed by atoms with Crippen LogP contribution in [0, 0.1) is 5.41 Å². The van der Waals surface area contributed by atoms with E-state index in [4.69, 9.17) is 9.97 Å². The number of anilines is 1. The van der Waals surface area contributed by atoms with Crippen LogP contribution in [0.1, 0.15) is 91.7 Å². The molecule has 3 aromatic rings. The standard InChI is InChI=1S/C33H45N7.C3H6.C2H6.CH3F/c1-9-12-23(5)27(34-7)17-24-18-35-15-13-25(24)31-38-28-20-37-19-26(22(4)10-2)30(28)32(39-31)40(8)29-14-16-36-21-33(29,6)11-3;1-3-2;2*1-2/h9,12-13,15,17-20,22,29,34,36H,5,10-11,14,16,21H2,1-4,6-8H3;3H,1H2,2H3;1-2H3;1H3/b12-9-,27-17-;;;. The number of nitrogens with one attached hydrogen (secondary N) is 2. The van der Waals surface area contributed by atoms with Crippen molar-refractivity contribution < 1.29 is 4.39 Å². The van der Waals surface area contributed by atoms with Gasteiger partial charge in [-0.05, 0) is 68.9 Å². The number of piperidine rings is 1. The molecule has 3 unspecified atom stereocenters. The van der Waals surface area contributed by atoms with Crippen LogP contribution in [0.5, 0.6) is 0 Å². The maximum Gasteiger partial charge on any atom is 0.162 e. The SMILES string of the molecule is C=C(/C=C\C)/C(=C/c1cnccc1-c1nc(N(C)C2CCNCC2(C)CC)c2c(C(C)CC)cncc2n1)NC.C=CC.CC.CF. The Kier molecular flexibility index (Phi) is 18.4. The number of fused-ring (bicyclic) bond motifs is 1. The Morgan fingerprint density at radius 1 is 1.17 bits per heavy atom. The van der Waals surface area contributed by atoms with E-state index < -0.39 is 0 Å². The Morgan fingerprint density at radius 2 is 1.85 bits per heavy atom. The van der Waals surface area contributed by atoms with Crippen LogP contribution in [0.15, 0.2) is 73.5 Å². The Labute approximate surface area is 284 Å². The van der Waals surface area contributed by atoms with Gasteiger partial charge in [0.2, 0.25) is 0 Å². The molecule has 1 aliphatic rings. The molecule has 1 saturated heterocycles. The number of nitrogens with zero attached hydrogens (tertiary/aromatic N) is 5. The molecule has 0 spiro atoms. The average Bonchev–Trinajstić information content (AvgIpc) is 3.11. The zero-order valence-electron chi connectivity index (χ0n) is 30.9. The smallest absolute Gasteiger partial charge is 0.162 e. The summed E-state index contributed by atoms with van der Waals surface area (Å²) in [5.41, 5.74) is 5.87. The van der Waals surface area contributed by atoms with Crippen LogP contribution in [0.25, 0.3) is 28.4 Å². The molecule has 1 fully saturated rings. The molecule has 8 heteroatoms. The van der Waals surface area contributed by atoms with E-state index in [9.17, 15) is 4.39 Å². The third-order valence-electron chi connectivity index (χ3n) is 8.67. The predicted octanol–water partition coefficient (Wildman–Crippen LogP) is 9.31. The summed E-state index contributed by atoms with van der Waals surface area (Å²) in [6, 6.07) is 2.34. The fourth-order valence-corrected chi connectivity index (χ4v) is 5.80. The molecule has 0 aromatic carbocycles. The zero-order chi connectivity index (χ0) is 35.6. The topological polar surface area (TPSA) is 78.9 Å². The van der Waals surface area contributed by atoms with E-state index in [1.165, 1.54) is 5.56 Å². The molecule has 0 radical (unpaired) electrons. The quantitative estimate of drug-likeness (QED) is 0.168. The van der Waals surface area contributed by atoms with Gasteiger partial charge in [0.1, 0.15) is 5.82 Å². The summed E-state index contributed by atoms with van der Waals surface area (Å²) in [7, 11) is 4.62. The van der Waals surface area contributed by atoms with Crippen LogP contribution in [-0.4, -0.2) is 60.3 Å². The van der Waals surface area contributed by atoms with Gasteiger partial charge in [0, 0.05) is 72.9 Å². The number of aromatic nitrogens is 4. The minimum atomic E-state index is 0.132. The lowest BCUT2D eigenvalue weighted by atomic mass is 9.75. The molecule has 3 aromatic heterocycles. The summed E-state index contributed by atoms with van der Waals surface area (Å²) in [6.45, 7) is 26.6. The molecule has 3 atom stereocenters. The van der Waals surface area contributed by atoms with Crippen molar-refractivity contribution in [1.82, 2.24) is 30.6 Å². The highest BCUT2D eigenvalue weighted by atomic mass is 19.1. The monoisotopic (exact) mass is 645 g/mol. The van der Waals surface area contributed by atoms with E-state index in [1.54, 1.807) is 12.3 Å². The fraction of sp³-hybridized carbons (Fsp3) is 0.487. The van der Waals surface area contributed by atoms with Crippen molar-refractivity contribution >= 4 is 22.8 Å². The first-order valence-electron chi connectivity index (χ1n) is 16.9. The highest BCUT2D eigenvalue weighted by Gasteiger charge is 2.39. The first kappa shape index (κ1) is 41.1. The Morgan fingerprint density at radius 3 is 2.45 bits per heavy atom. The predicted molar refractivity (Wildman–Crippen MR) is 203 cm³/mol. The highest BCUT2D eigenvalue weighted by molar-refractivity contribution is 5.94. The second-order valence-corrected chi connectivity index (χ2v) is 11.6. The van der Waals surface area contributed by atoms with E-state index in [2.05, 4.69) is 79.5 Å². The zero-order valence-corrected chi connectivity index (χ0v) is 30.9. The molecule has 4 heterocycles. The molecule has 0 aliphatic carbocycles. The Hall–Kier alpha value is -3.91. The second-order valence-electron chi connectivity index (χ2n) is 11.6. The summed E-state index contributed by atoms with van der Waals surface area (Å²) >= 11 is 0. The van der Waals surface area contributed by atoms with Crippen molar-refractivity contribution in [3.05, 3.63) is 84.6 Å². The van der Waals surface area contributed by atoms with Crippen molar-refractivity contribution in [2.24, 2.45) is 5.41 Å². The minimum Gasteiger partial charge on any atom is -0.388 e. The second kappa shape index (κ2) is 21.1. The van der Waals surface area contributed by atoms with Gasteiger partial charge in [0.05, 0.1) is 18.9 Å². The number of hydrogen-bond acceptors (Lipinski definition) is 7. The van der Waals surface area contributed by atoms with Crippen LogP contribution in [0.2, 0.25) is 0 Å². The molecule has 258 valence electrons. The van der Waals surface area contributed by atoms with E-state index in [0.29, 0.717) is 25.0 Å². The number of likely N-dealkylation sites (N-methyl/N-ethyl adjacent to an activating group) is 1. The molecule has 0 bridgehead atoms.